The lowest BCUT2D eigenvalue weighted by molar-refractivity contribution is 0.102. The molecule has 0 aliphatic carbocycles. The smallest absolute Gasteiger partial charge is 0.286 e. The van der Waals surface area contributed by atoms with Crippen LogP contribution >= 0.6 is 27.3 Å². The van der Waals surface area contributed by atoms with Crippen LogP contribution in [-0.2, 0) is 0 Å². The van der Waals surface area contributed by atoms with E-state index in [9.17, 15) is 9.18 Å². The molecule has 0 unspecified atom stereocenters. The molecule has 0 atom stereocenters. The maximum absolute atomic E-state index is 13.0. The third-order valence-corrected chi connectivity index (χ3v) is 3.17. The molecular formula is C9H6BrFN4OS. The molecule has 0 radical (unpaired) electrons. The first-order valence-electron chi connectivity index (χ1n) is 4.41. The van der Waals surface area contributed by atoms with Gasteiger partial charge in [-0.2, -0.15) is 0 Å². The van der Waals surface area contributed by atoms with Gasteiger partial charge in [0.15, 0.2) is 0 Å². The lowest BCUT2D eigenvalue weighted by Gasteiger charge is -2.03. The SMILES string of the molecule is Nc1nnc(C(=O)Nc2ccc(F)c(Br)c2)s1. The van der Waals surface area contributed by atoms with Crippen molar-refractivity contribution >= 4 is 44.0 Å². The molecule has 2 aromatic rings. The summed E-state index contributed by atoms with van der Waals surface area (Å²) in [4.78, 5) is 11.7. The number of carbonyl (C=O) groups is 1. The molecular weight excluding hydrogens is 311 g/mol. The second kappa shape index (κ2) is 4.76. The number of anilines is 2. The Morgan fingerprint density at radius 2 is 2.24 bits per heavy atom. The molecule has 5 nitrogen and oxygen atoms in total. The number of hydrogen-bond acceptors (Lipinski definition) is 5. The van der Waals surface area contributed by atoms with Crippen LogP contribution < -0.4 is 11.1 Å². The number of nitrogens with zero attached hydrogens (tertiary/aromatic N) is 2. The number of aromatic nitrogens is 2. The molecule has 1 amide bonds. The Morgan fingerprint density at radius 1 is 1.47 bits per heavy atom. The molecule has 0 spiro atoms. The molecule has 88 valence electrons. The zero-order chi connectivity index (χ0) is 12.4. The van der Waals surface area contributed by atoms with Gasteiger partial charge in [0.25, 0.3) is 5.91 Å². The molecule has 1 heterocycles. The van der Waals surface area contributed by atoms with E-state index in [1.54, 1.807) is 0 Å². The molecule has 0 saturated carbocycles. The Labute approximate surface area is 108 Å². The summed E-state index contributed by atoms with van der Waals surface area (Å²) in [5, 5.41) is 10.1. The summed E-state index contributed by atoms with van der Waals surface area (Å²) in [5.41, 5.74) is 5.82. The Morgan fingerprint density at radius 3 is 2.82 bits per heavy atom. The number of hydrogen-bond donors (Lipinski definition) is 2. The highest BCUT2D eigenvalue weighted by Gasteiger charge is 2.12. The molecule has 1 aromatic heterocycles. The van der Waals surface area contributed by atoms with Crippen LogP contribution in [0.15, 0.2) is 22.7 Å². The van der Waals surface area contributed by atoms with Crippen molar-refractivity contribution in [2.75, 3.05) is 11.1 Å². The Bertz CT molecular complexity index is 574. The van der Waals surface area contributed by atoms with Crippen LogP contribution in [0.5, 0.6) is 0 Å². The zero-order valence-corrected chi connectivity index (χ0v) is 10.7. The summed E-state index contributed by atoms with van der Waals surface area (Å²) in [5.74, 6) is -0.833. The van der Waals surface area contributed by atoms with Crippen molar-refractivity contribution in [3.05, 3.63) is 33.5 Å². The highest BCUT2D eigenvalue weighted by molar-refractivity contribution is 9.10. The van der Waals surface area contributed by atoms with Crippen LogP contribution in [-0.4, -0.2) is 16.1 Å². The first-order chi connectivity index (χ1) is 8.06. The Hall–Kier alpha value is -1.54. The predicted octanol–water partition coefficient (Wildman–Crippen LogP) is 2.27. The van der Waals surface area contributed by atoms with E-state index in [0.29, 0.717) is 5.69 Å². The van der Waals surface area contributed by atoms with Gasteiger partial charge in [0.05, 0.1) is 4.47 Å². The second-order valence-corrected chi connectivity index (χ2v) is 4.89. The van der Waals surface area contributed by atoms with Gasteiger partial charge >= 0.3 is 0 Å². The van der Waals surface area contributed by atoms with Crippen molar-refractivity contribution in [1.82, 2.24) is 10.2 Å². The number of halogens is 2. The topological polar surface area (TPSA) is 80.9 Å². The minimum Gasteiger partial charge on any atom is -0.374 e. The minimum absolute atomic E-state index is 0.156. The lowest BCUT2D eigenvalue weighted by atomic mass is 10.3. The van der Waals surface area contributed by atoms with E-state index in [1.165, 1.54) is 18.2 Å². The summed E-state index contributed by atoms with van der Waals surface area (Å²) in [6.45, 7) is 0. The number of nitrogen functional groups attached to an aromatic ring is 1. The minimum atomic E-state index is -0.433. The second-order valence-electron chi connectivity index (χ2n) is 3.03. The molecule has 0 saturated heterocycles. The number of rotatable bonds is 2. The van der Waals surface area contributed by atoms with Crippen LogP contribution in [0.1, 0.15) is 9.80 Å². The van der Waals surface area contributed by atoms with Crippen molar-refractivity contribution in [1.29, 1.82) is 0 Å². The highest BCUT2D eigenvalue weighted by Crippen LogP contribution is 2.21. The van der Waals surface area contributed by atoms with E-state index in [4.69, 9.17) is 5.73 Å². The van der Waals surface area contributed by atoms with E-state index in [-0.39, 0.29) is 14.6 Å². The van der Waals surface area contributed by atoms with Gasteiger partial charge in [0.1, 0.15) is 5.82 Å². The van der Waals surface area contributed by atoms with Gasteiger partial charge in [0, 0.05) is 5.69 Å². The number of amides is 1. The van der Waals surface area contributed by atoms with Gasteiger partial charge in [-0.15, -0.1) is 10.2 Å². The summed E-state index contributed by atoms with van der Waals surface area (Å²) < 4.78 is 13.2. The Balaban J connectivity index is 2.15. The van der Waals surface area contributed by atoms with Crippen LogP contribution in [0.3, 0.4) is 0 Å². The fraction of sp³-hybridized carbons (Fsp3) is 0. The van der Waals surface area contributed by atoms with Crippen LogP contribution in [0.2, 0.25) is 0 Å². The zero-order valence-electron chi connectivity index (χ0n) is 8.28. The quantitative estimate of drug-likeness (QED) is 0.890. The fourth-order valence-electron chi connectivity index (χ4n) is 1.08. The lowest BCUT2D eigenvalue weighted by Crippen LogP contribution is -2.11. The molecule has 0 bridgehead atoms. The largest absolute Gasteiger partial charge is 0.374 e. The van der Waals surface area contributed by atoms with Gasteiger partial charge in [-0.1, -0.05) is 11.3 Å². The Kier molecular flexibility index (Phi) is 3.34. The van der Waals surface area contributed by atoms with Gasteiger partial charge in [-0.3, -0.25) is 4.79 Å². The summed E-state index contributed by atoms with van der Waals surface area (Å²) >= 11 is 4.00. The number of benzene rings is 1. The van der Waals surface area contributed by atoms with E-state index < -0.39 is 11.7 Å². The normalized spacial score (nSPS) is 10.2. The summed E-state index contributed by atoms with van der Waals surface area (Å²) in [7, 11) is 0. The standard InChI is InChI=1S/C9H6BrFN4OS/c10-5-3-4(1-2-6(5)11)13-7(16)8-14-15-9(12)17-8/h1-3H,(H2,12,15)(H,13,16). The molecule has 17 heavy (non-hydrogen) atoms. The predicted molar refractivity (Wildman–Crippen MR) is 66.4 cm³/mol. The molecule has 1 aromatic carbocycles. The van der Waals surface area contributed by atoms with E-state index >= 15 is 0 Å². The van der Waals surface area contributed by atoms with Gasteiger partial charge in [-0.25, -0.2) is 4.39 Å². The number of carbonyl (C=O) groups excluding carboxylic acids is 1. The molecule has 2 rings (SSSR count). The summed E-state index contributed by atoms with van der Waals surface area (Å²) in [6, 6.07) is 4.15. The molecule has 8 heteroatoms. The van der Waals surface area contributed by atoms with E-state index in [1.807, 2.05) is 0 Å². The first-order valence-corrected chi connectivity index (χ1v) is 6.02. The van der Waals surface area contributed by atoms with Crippen molar-refractivity contribution in [3.63, 3.8) is 0 Å². The molecule has 0 aliphatic heterocycles. The third kappa shape index (κ3) is 2.77. The molecule has 3 N–H and O–H groups in total. The third-order valence-electron chi connectivity index (χ3n) is 1.81. The van der Waals surface area contributed by atoms with Gasteiger partial charge in [-0.05, 0) is 34.1 Å². The maximum Gasteiger partial charge on any atom is 0.286 e. The first kappa shape index (κ1) is 11.9. The number of nitrogens with one attached hydrogen (secondary N) is 1. The fourth-order valence-corrected chi connectivity index (χ4v) is 1.97. The van der Waals surface area contributed by atoms with Gasteiger partial charge in [0.2, 0.25) is 10.1 Å². The van der Waals surface area contributed by atoms with Crippen LogP contribution in [0, 0.1) is 5.82 Å². The van der Waals surface area contributed by atoms with Crippen LogP contribution in [0.4, 0.5) is 15.2 Å². The maximum atomic E-state index is 13.0. The summed E-state index contributed by atoms with van der Waals surface area (Å²) in [6.07, 6.45) is 0. The highest BCUT2D eigenvalue weighted by atomic mass is 79.9. The van der Waals surface area contributed by atoms with Crippen molar-refractivity contribution < 1.29 is 9.18 Å². The van der Waals surface area contributed by atoms with E-state index in [2.05, 4.69) is 31.4 Å². The van der Waals surface area contributed by atoms with Crippen molar-refractivity contribution in [2.45, 2.75) is 0 Å². The van der Waals surface area contributed by atoms with E-state index in [0.717, 1.165) is 11.3 Å². The van der Waals surface area contributed by atoms with Crippen LogP contribution in [0.25, 0.3) is 0 Å². The average Bonchev–Trinajstić information content (AvgIpc) is 2.70. The average molecular weight is 317 g/mol. The molecule has 0 fully saturated rings. The van der Waals surface area contributed by atoms with Crippen molar-refractivity contribution in [3.8, 4) is 0 Å². The van der Waals surface area contributed by atoms with Crippen molar-refractivity contribution in [2.24, 2.45) is 0 Å². The number of nitrogens with two attached hydrogens (primary N) is 1. The van der Waals surface area contributed by atoms with Gasteiger partial charge < -0.3 is 11.1 Å². The molecule has 0 aliphatic rings. The monoisotopic (exact) mass is 316 g/mol.